The molecule has 0 radical (unpaired) electrons. The van der Waals surface area contributed by atoms with Crippen molar-refractivity contribution in [3.63, 3.8) is 0 Å². The molecule has 0 spiro atoms. The molecule has 0 saturated heterocycles. The zero-order valence-electron chi connectivity index (χ0n) is 66.4. The second-order valence-electron chi connectivity index (χ2n) is 32.0. The van der Waals surface area contributed by atoms with Crippen LogP contribution in [0.3, 0.4) is 0 Å². The number of nitrogens with zero attached hydrogens (tertiary/aromatic N) is 3. The summed E-state index contributed by atoms with van der Waals surface area (Å²) in [5.74, 6) is 0. The largest absolute Gasteiger partial charge is 0.456 e. The van der Waals surface area contributed by atoms with Crippen LogP contribution in [0.25, 0.3) is 143 Å². The van der Waals surface area contributed by atoms with Gasteiger partial charge >= 0.3 is 0 Å². The first kappa shape index (κ1) is 71.4. The number of fused-ring (bicyclic) bond motifs is 20. The number of halogens is 1. The van der Waals surface area contributed by atoms with Gasteiger partial charge in [-0.05, 0) is 247 Å². The maximum absolute atomic E-state index is 6.34. The van der Waals surface area contributed by atoms with Crippen LogP contribution in [0.1, 0.15) is 44.5 Å². The Morgan fingerprint density at radius 1 is 0.236 bits per heavy atom. The molecule has 580 valence electrons. The third kappa shape index (κ3) is 11.6. The lowest BCUT2D eigenvalue weighted by Gasteiger charge is -2.35. The van der Waals surface area contributed by atoms with E-state index in [0.29, 0.717) is 0 Å². The minimum Gasteiger partial charge on any atom is -0.456 e. The van der Waals surface area contributed by atoms with Crippen LogP contribution in [0.5, 0.6) is 0 Å². The fourth-order valence-corrected chi connectivity index (χ4v) is 20.3. The van der Waals surface area contributed by atoms with Crippen molar-refractivity contribution >= 4 is 154 Å². The summed E-state index contributed by atoms with van der Waals surface area (Å²) in [6, 6.07) is 152. The molecule has 0 fully saturated rings. The number of furan rings is 4. The molecule has 2 aliphatic carbocycles. The van der Waals surface area contributed by atoms with E-state index in [2.05, 4.69) is 387 Å². The average Bonchev–Trinajstić information content (AvgIpc) is 1.54. The van der Waals surface area contributed by atoms with E-state index in [4.69, 9.17) is 17.7 Å². The molecule has 24 aromatic rings. The molecule has 0 unspecified atom stereocenters. The van der Waals surface area contributed by atoms with Gasteiger partial charge in [-0.15, -0.1) is 0 Å². The van der Waals surface area contributed by atoms with Crippen LogP contribution in [0.2, 0.25) is 0 Å². The number of hydrogen-bond donors (Lipinski definition) is 1. The van der Waals surface area contributed by atoms with Crippen molar-refractivity contribution < 1.29 is 17.7 Å². The molecule has 0 amide bonds. The second-order valence-corrected chi connectivity index (χ2v) is 32.9. The van der Waals surface area contributed by atoms with Gasteiger partial charge in [-0.3, -0.25) is 0 Å². The Morgan fingerprint density at radius 3 is 0.943 bits per heavy atom. The normalized spacial score (nSPS) is 12.9. The SMILES string of the molecule is Brc1ccc2c(c1)C(c1ccccc1)(c1ccccc1)c1cc(-n3ccc4ccccc43)ccc1-2.c1ccc(C2(c3ccccc3)c3cc(N(c4ccc5oc6ccccc6c5c4)c4ccc5oc6ccccc6c5c4)ccc3-c3ccc(-n4ccc5ccccc54)cc32)cc1.c1ccc2c(c1)oc1ccc(Nc3ccc4oc5ccccc5c4c3)cc12. The molecule has 26 rings (SSSR count). The highest BCUT2D eigenvalue weighted by Crippen LogP contribution is 2.60. The number of hydrogen-bond acceptors (Lipinski definition) is 6. The van der Waals surface area contributed by atoms with Gasteiger partial charge in [0.2, 0.25) is 0 Å². The minimum atomic E-state index is -0.622. The molecule has 18 aromatic carbocycles. The Balaban J connectivity index is 0.000000115. The summed E-state index contributed by atoms with van der Waals surface area (Å²) < 4.78 is 30.2. The molecule has 8 nitrogen and oxygen atoms in total. The van der Waals surface area contributed by atoms with Crippen LogP contribution in [0.4, 0.5) is 28.4 Å². The van der Waals surface area contributed by atoms with Crippen LogP contribution in [-0.2, 0) is 10.8 Å². The Bertz CT molecular complexity index is 7970. The van der Waals surface area contributed by atoms with Gasteiger partial charge in [-0.25, -0.2) is 0 Å². The summed E-state index contributed by atoms with van der Waals surface area (Å²) in [5, 5.41) is 14.8. The van der Waals surface area contributed by atoms with Crippen molar-refractivity contribution in [2.45, 2.75) is 10.8 Å². The summed E-state index contributed by atoms with van der Waals surface area (Å²) in [5.41, 5.74) is 31.1. The molecule has 123 heavy (non-hydrogen) atoms. The fourth-order valence-electron chi connectivity index (χ4n) is 19.9. The van der Waals surface area contributed by atoms with Gasteiger partial charge in [0.25, 0.3) is 0 Å². The van der Waals surface area contributed by atoms with E-state index in [0.717, 1.165) is 126 Å². The molecule has 9 heteroatoms. The van der Waals surface area contributed by atoms with Gasteiger partial charge in [0.15, 0.2) is 0 Å². The highest BCUT2D eigenvalue weighted by Gasteiger charge is 2.48. The number of benzene rings is 18. The van der Waals surface area contributed by atoms with E-state index in [9.17, 15) is 0 Å². The summed E-state index contributed by atoms with van der Waals surface area (Å²) in [6.45, 7) is 0. The Morgan fingerprint density at radius 2 is 0.537 bits per heavy atom. The number of anilines is 5. The van der Waals surface area contributed by atoms with E-state index in [-0.39, 0.29) is 0 Å². The second kappa shape index (κ2) is 28.8. The molecule has 0 saturated carbocycles. The first-order chi connectivity index (χ1) is 60.8. The van der Waals surface area contributed by atoms with Gasteiger partial charge in [-0.2, -0.15) is 0 Å². The maximum Gasteiger partial charge on any atom is 0.135 e. The Kier molecular flexibility index (Phi) is 16.7. The van der Waals surface area contributed by atoms with Gasteiger partial charge in [-0.1, -0.05) is 271 Å². The smallest absolute Gasteiger partial charge is 0.135 e. The highest BCUT2D eigenvalue weighted by molar-refractivity contribution is 9.10. The number of para-hydroxylation sites is 6. The fraction of sp³-hybridized carbons (Fsp3) is 0.0175. The molecule has 0 bridgehead atoms. The van der Waals surface area contributed by atoms with Crippen LogP contribution < -0.4 is 10.2 Å². The topological polar surface area (TPSA) is 77.7 Å². The molecular weight excluding hydrogens is 1570 g/mol. The van der Waals surface area contributed by atoms with E-state index >= 15 is 0 Å². The molecular formula is C114H73BrN4O4. The lowest BCUT2D eigenvalue weighted by Crippen LogP contribution is -2.29. The lowest BCUT2D eigenvalue weighted by atomic mass is 9.67. The standard InChI is InChI=1S/C57H36N2O2.C33H22BrN.C24H15NO2/c1-3-14-38(15-4-1)57(39-16-5-2-6-17-39)50-35-40(58-32-31-37-13-7-10-20-52(37)58)23-27-44(50)45-28-24-43(36-51(45)57)59(41-25-29-55-48(33-41)46-18-8-11-21-53(46)60-55)42-26-30-56-49(34-42)47-19-9-12-22-54(47)61-56;34-26-15-17-28-29-18-16-27(35-20-19-23-9-7-8-14-32(23)35)22-31(29)33(30(28)21-26,24-10-3-1-4-11-24)25-12-5-2-6-13-25;1-3-7-21-17(5-1)19-13-15(9-11-23(19)26-21)25-16-10-12-24-20(14-16)18-6-2-4-8-22(18)27-24/h1-36H;1-22H;1-14,25H. The van der Waals surface area contributed by atoms with Crippen LogP contribution in [0.15, 0.2) is 459 Å². The number of rotatable bonds is 11. The molecule has 1 N–H and O–H groups in total. The van der Waals surface area contributed by atoms with Crippen molar-refractivity contribution in [1.82, 2.24) is 9.13 Å². The molecule has 0 atom stereocenters. The van der Waals surface area contributed by atoms with Crippen molar-refractivity contribution in [3.8, 4) is 33.6 Å². The maximum atomic E-state index is 6.34. The van der Waals surface area contributed by atoms with Crippen LogP contribution in [-0.4, -0.2) is 9.13 Å². The zero-order valence-corrected chi connectivity index (χ0v) is 68.0. The quantitative estimate of drug-likeness (QED) is 0.139. The summed E-state index contributed by atoms with van der Waals surface area (Å²) in [7, 11) is 0. The first-order valence-electron chi connectivity index (χ1n) is 41.7. The zero-order chi connectivity index (χ0) is 81.3. The summed E-state index contributed by atoms with van der Waals surface area (Å²) >= 11 is 3.78. The molecule has 6 heterocycles. The summed E-state index contributed by atoms with van der Waals surface area (Å²) in [4.78, 5) is 2.39. The predicted molar refractivity (Wildman–Crippen MR) is 509 cm³/mol. The minimum absolute atomic E-state index is 0.407. The molecule has 0 aliphatic heterocycles. The van der Waals surface area contributed by atoms with E-state index in [1.165, 1.54) is 94.3 Å². The monoisotopic (exact) mass is 1640 g/mol. The van der Waals surface area contributed by atoms with Crippen molar-refractivity contribution in [3.05, 3.63) is 486 Å². The van der Waals surface area contributed by atoms with Gasteiger partial charge in [0, 0.05) is 99.8 Å². The van der Waals surface area contributed by atoms with Crippen molar-refractivity contribution in [1.29, 1.82) is 0 Å². The van der Waals surface area contributed by atoms with Gasteiger partial charge in [0.1, 0.15) is 44.7 Å². The lowest BCUT2D eigenvalue weighted by molar-refractivity contribution is 0.668. The van der Waals surface area contributed by atoms with Crippen molar-refractivity contribution in [2.24, 2.45) is 0 Å². The summed E-state index contributed by atoms with van der Waals surface area (Å²) in [6.07, 6.45) is 4.37. The van der Waals surface area contributed by atoms with Crippen LogP contribution in [0, 0.1) is 0 Å². The number of aromatic nitrogens is 2. The highest BCUT2D eigenvalue weighted by atomic mass is 79.9. The van der Waals surface area contributed by atoms with Crippen LogP contribution >= 0.6 is 15.9 Å². The third-order valence-corrected chi connectivity index (χ3v) is 25.8. The first-order valence-corrected chi connectivity index (χ1v) is 42.5. The molecule has 6 aromatic heterocycles. The van der Waals surface area contributed by atoms with Gasteiger partial charge < -0.3 is 37.0 Å². The Hall–Kier alpha value is -15.7. The predicted octanol–water partition coefficient (Wildman–Crippen LogP) is 31.2. The van der Waals surface area contributed by atoms with Crippen molar-refractivity contribution in [2.75, 3.05) is 10.2 Å². The van der Waals surface area contributed by atoms with Gasteiger partial charge in [0.05, 0.1) is 21.9 Å². The Labute approximate surface area is 716 Å². The average molecular weight is 1640 g/mol. The van der Waals surface area contributed by atoms with E-state index < -0.39 is 10.8 Å². The van der Waals surface area contributed by atoms with E-state index in [1.54, 1.807) is 0 Å². The number of nitrogens with one attached hydrogen (secondary N) is 1. The van der Waals surface area contributed by atoms with E-state index in [1.807, 2.05) is 84.9 Å². The third-order valence-electron chi connectivity index (χ3n) is 25.3. The molecule has 2 aliphatic rings.